The molecule has 0 saturated carbocycles. The van der Waals surface area contributed by atoms with E-state index in [2.05, 4.69) is 15.3 Å². The Morgan fingerprint density at radius 2 is 1.96 bits per heavy atom. The molecule has 0 fully saturated rings. The van der Waals surface area contributed by atoms with Crippen molar-refractivity contribution in [1.82, 2.24) is 9.97 Å². The van der Waals surface area contributed by atoms with Gasteiger partial charge in [-0.2, -0.15) is 0 Å². The van der Waals surface area contributed by atoms with Crippen LogP contribution in [0.3, 0.4) is 0 Å². The second-order valence-corrected chi connectivity index (χ2v) is 6.62. The lowest BCUT2D eigenvalue weighted by Gasteiger charge is -2.17. The maximum absolute atomic E-state index is 12.1. The summed E-state index contributed by atoms with van der Waals surface area (Å²) in [4.78, 5) is 34.2. The molecule has 1 N–H and O–H groups in total. The molecule has 0 unspecified atom stereocenters. The number of aromatic nitrogens is 2. The quantitative estimate of drug-likeness (QED) is 0.676. The number of carbonyl (C=O) groups is 2. The fourth-order valence-electron chi connectivity index (χ4n) is 2.39. The van der Waals surface area contributed by atoms with Crippen LogP contribution in [0, 0.1) is 6.92 Å². The fourth-order valence-corrected chi connectivity index (χ4v) is 3.25. The van der Waals surface area contributed by atoms with Gasteiger partial charge in [-0.05, 0) is 42.8 Å². The SMILES string of the molecule is CC(=O)N(c1ccccc1)c1nc(/C=C/C(=O)Nc2cc(C)ccn2)cs1. The van der Waals surface area contributed by atoms with Crippen LogP contribution in [-0.2, 0) is 9.59 Å². The van der Waals surface area contributed by atoms with Gasteiger partial charge in [-0.25, -0.2) is 9.97 Å². The Morgan fingerprint density at radius 1 is 1.19 bits per heavy atom. The van der Waals surface area contributed by atoms with Crippen molar-refractivity contribution in [1.29, 1.82) is 0 Å². The molecular formula is C20H18N4O2S. The van der Waals surface area contributed by atoms with E-state index in [9.17, 15) is 9.59 Å². The lowest BCUT2D eigenvalue weighted by Crippen LogP contribution is -2.22. The summed E-state index contributed by atoms with van der Waals surface area (Å²) in [5.41, 5.74) is 2.36. The van der Waals surface area contributed by atoms with Crippen molar-refractivity contribution in [3.63, 3.8) is 0 Å². The van der Waals surface area contributed by atoms with E-state index in [4.69, 9.17) is 0 Å². The van der Waals surface area contributed by atoms with Crippen LogP contribution in [0.15, 0.2) is 60.1 Å². The van der Waals surface area contributed by atoms with Gasteiger partial charge < -0.3 is 5.32 Å². The number of hydrogen-bond donors (Lipinski definition) is 1. The Hall–Kier alpha value is -3.32. The third-order valence-corrected chi connectivity index (χ3v) is 4.45. The van der Waals surface area contributed by atoms with Crippen molar-refractivity contribution in [2.75, 3.05) is 10.2 Å². The van der Waals surface area contributed by atoms with Crippen molar-refractivity contribution in [2.24, 2.45) is 0 Å². The smallest absolute Gasteiger partial charge is 0.249 e. The van der Waals surface area contributed by atoms with Crippen LogP contribution in [0.25, 0.3) is 6.08 Å². The number of anilines is 3. The van der Waals surface area contributed by atoms with E-state index in [0.717, 1.165) is 11.3 Å². The summed E-state index contributed by atoms with van der Waals surface area (Å²) in [6, 6.07) is 13.0. The first kappa shape index (κ1) is 18.5. The van der Waals surface area contributed by atoms with Crippen molar-refractivity contribution in [3.05, 3.63) is 71.4 Å². The van der Waals surface area contributed by atoms with Gasteiger partial charge >= 0.3 is 0 Å². The number of nitrogens with zero attached hydrogens (tertiary/aromatic N) is 3. The molecule has 7 heteroatoms. The Kier molecular flexibility index (Phi) is 5.73. The predicted molar refractivity (Wildman–Crippen MR) is 108 cm³/mol. The third-order valence-electron chi connectivity index (χ3n) is 3.60. The third kappa shape index (κ3) is 4.86. The average Bonchev–Trinajstić information content (AvgIpc) is 3.09. The summed E-state index contributed by atoms with van der Waals surface area (Å²) in [6.45, 7) is 3.42. The molecule has 0 aliphatic rings. The lowest BCUT2D eigenvalue weighted by atomic mass is 10.3. The van der Waals surface area contributed by atoms with Gasteiger partial charge in [-0.3, -0.25) is 14.5 Å². The van der Waals surface area contributed by atoms with E-state index >= 15 is 0 Å². The molecule has 0 radical (unpaired) electrons. The maximum atomic E-state index is 12.1. The number of amides is 2. The number of nitrogens with one attached hydrogen (secondary N) is 1. The molecule has 27 heavy (non-hydrogen) atoms. The average molecular weight is 378 g/mol. The van der Waals surface area contributed by atoms with E-state index in [0.29, 0.717) is 16.6 Å². The van der Waals surface area contributed by atoms with Gasteiger partial charge in [0.05, 0.1) is 11.4 Å². The molecule has 3 rings (SSSR count). The minimum atomic E-state index is -0.297. The highest BCUT2D eigenvalue weighted by Crippen LogP contribution is 2.29. The maximum Gasteiger partial charge on any atom is 0.249 e. The van der Waals surface area contributed by atoms with Gasteiger partial charge in [-0.15, -0.1) is 11.3 Å². The highest BCUT2D eigenvalue weighted by Gasteiger charge is 2.17. The molecule has 6 nitrogen and oxygen atoms in total. The molecule has 2 amide bonds. The van der Waals surface area contributed by atoms with Crippen LogP contribution >= 0.6 is 11.3 Å². The highest BCUT2D eigenvalue weighted by atomic mass is 32.1. The Balaban J connectivity index is 1.72. The molecule has 3 aromatic rings. The van der Waals surface area contributed by atoms with Crippen molar-refractivity contribution < 1.29 is 9.59 Å². The minimum Gasteiger partial charge on any atom is -0.307 e. The van der Waals surface area contributed by atoms with E-state index in [1.54, 1.807) is 28.6 Å². The Bertz CT molecular complexity index is 982. The minimum absolute atomic E-state index is 0.130. The summed E-state index contributed by atoms with van der Waals surface area (Å²) in [5, 5.41) is 5.05. The largest absolute Gasteiger partial charge is 0.307 e. The van der Waals surface area contributed by atoms with Crippen LogP contribution in [0.2, 0.25) is 0 Å². The first-order valence-electron chi connectivity index (χ1n) is 8.26. The number of carbonyl (C=O) groups excluding carboxylic acids is 2. The van der Waals surface area contributed by atoms with Crippen molar-refractivity contribution in [2.45, 2.75) is 13.8 Å². The standard InChI is InChI=1S/C20H18N4O2S/c1-14-10-11-21-18(12-14)23-19(26)9-8-16-13-27-20(22-16)24(15(2)25)17-6-4-3-5-7-17/h3-13H,1-2H3,(H,21,23,26)/b9-8+. The number of rotatable bonds is 5. The molecular weight excluding hydrogens is 360 g/mol. The summed E-state index contributed by atoms with van der Waals surface area (Å²) < 4.78 is 0. The van der Waals surface area contributed by atoms with Crippen molar-refractivity contribution >= 4 is 45.9 Å². The summed E-state index contributed by atoms with van der Waals surface area (Å²) in [7, 11) is 0. The van der Waals surface area contributed by atoms with Gasteiger partial charge in [0.2, 0.25) is 11.8 Å². The lowest BCUT2D eigenvalue weighted by molar-refractivity contribution is -0.116. The summed E-state index contributed by atoms with van der Waals surface area (Å²) >= 11 is 1.34. The molecule has 2 aromatic heterocycles. The molecule has 0 spiro atoms. The number of pyridine rings is 1. The zero-order valence-corrected chi connectivity index (χ0v) is 15.7. The van der Waals surface area contributed by atoms with Gasteiger partial charge in [0.25, 0.3) is 0 Å². The first-order valence-corrected chi connectivity index (χ1v) is 9.14. The molecule has 136 valence electrons. The molecule has 0 aliphatic heterocycles. The predicted octanol–water partition coefficient (Wildman–Crippen LogP) is 4.18. The zero-order chi connectivity index (χ0) is 19.2. The first-order chi connectivity index (χ1) is 13.0. The molecule has 1 aromatic carbocycles. The van der Waals surface area contributed by atoms with Crippen LogP contribution in [-0.4, -0.2) is 21.8 Å². The van der Waals surface area contributed by atoms with Gasteiger partial charge in [-0.1, -0.05) is 18.2 Å². The topological polar surface area (TPSA) is 75.2 Å². The van der Waals surface area contributed by atoms with Crippen LogP contribution < -0.4 is 10.2 Å². The fraction of sp³-hybridized carbons (Fsp3) is 0.100. The van der Waals surface area contributed by atoms with Gasteiger partial charge in [0, 0.05) is 24.6 Å². The second-order valence-electron chi connectivity index (χ2n) is 5.79. The number of aryl methyl sites for hydroxylation is 1. The van der Waals surface area contributed by atoms with Crippen molar-refractivity contribution in [3.8, 4) is 0 Å². The summed E-state index contributed by atoms with van der Waals surface area (Å²) in [5.74, 6) is 0.0685. The molecule has 0 aliphatic carbocycles. The molecule has 0 atom stereocenters. The molecule has 2 heterocycles. The summed E-state index contributed by atoms with van der Waals surface area (Å²) in [6.07, 6.45) is 4.64. The normalized spacial score (nSPS) is 10.7. The van der Waals surface area contributed by atoms with E-state index in [-0.39, 0.29) is 11.8 Å². The number of thiazole rings is 1. The zero-order valence-electron chi connectivity index (χ0n) is 14.9. The highest BCUT2D eigenvalue weighted by molar-refractivity contribution is 7.14. The van der Waals surface area contributed by atoms with Crippen LogP contribution in [0.5, 0.6) is 0 Å². The number of hydrogen-bond acceptors (Lipinski definition) is 5. The van der Waals surface area contributed by atoms with E-state index in [1.165, 1.54) is 24.3 Å². The monoisotopic (exact) mass is 378 g/mol. The van der Waals surface area contributed by atoms with E-state index < -0.39 is 0 Å². The Labute approximate surface area is 161 Å². The Morgan fingerprint density at radius 3 is 2.67 bits per heavy atom. The van der Waals surface area contributed by atoms with Crippen LogP contribution in [0.1, 0.15) is 18.2 Å². The van der Waals surface area contributed by atoms with Gasteiger partial charge in [0.15, 0.2) is 5.13 Å². The second kappa shape index (κ2) is 8.37. The van der Waals surface area contributed by atoms with E-state index in [1.807, 2.05) is 43.3 Å². The van der Waals surface area contributed by atoms with Crippen LogP contribution in [0.4, 0.5) is 16.6 Å². The number of benzene rings is 1. The molecule has 0 saturated heterocycles. The number of para-hydroxylation sites is 1. The van der Waals surface area contributed by atoms with Gasteiger partial charge in [0.1, 0.15) is 5.82 Å². The molecule has 0 bridgehead atoms.